The van der Waals surface area contributed by atoms with Gasteiger partial charge in [0, 0.05) is 17.9 Å². The molecule has 0 bridgehead atoms. The normalized spacial score (nSPS) is 14.8. The van der Waals surface area contributed by atoms with Gasteiger partial charge in [-0.1, -0.05) is 29.8 Å². The smallest absolute Gasteiger partial charge is 0.00949 e. The SMILES string of the molecule is CSCCC(C)N(C)CC(C)(C)CBr. The highest BCUT2D eigenvalue weighted by Crippen LogP contribution is 2.20. The van der Waals surface area contributed by atoms with Crippen molar-refractivity contribution in [3.05, 3.63) is 0 Å². The molecule has 0 fully saturated rings. The number of alkyl halides is 1. The molecule has 0 N–H and O–H groups in total. The van der Waals surface area contributed by atoms with Crippen LogP contribution in [0.25, 0.3) is 0 Å². The second-order valence-corrected chi connectivity index (χ2v) is 6.39. The van der Waals surface area contributed by atoms with Gasteiger partial charge in [-0.3, -0.25) is 0 Å². The van der Waals surface area contributed by atoms with Gasteiger partial charge in [-0.2, -0.15) is 11.8 Å². The van der Waals surface area contributed by atoms with Crippen molar-refractivity contribution >= 4 is 27.7 Å². The number of hydrogen-bond donors (Lipinski definition) is 0. The molecule has 0 aromatic rings. The lowest BCUT2D eigenvalue weighted by atomic mass is 9.95. The van der Waals surface area contributed by atoms with Crippen molar-refractivity contribution in [2.24, 2.45) is 5.41 Å². The van der Waals surface area contributed by atoms with Gasteiger partial charge in [0.1, 0.15) is 0 Å². The monoisotopic (exact) mass is 281 g/mol. The Hall–Kier alpha value is 0.790. The van der Waals surface area contributed by atoms with E-state index >= 15 is 0 Å². The quantitative estimate of drug-likeness (QED) is 0.658. The maximum Gasteiger partial charge on any atom is 0.00949 e. The maximum absolute atomic E-state index is 3.57. The van der Waals surface area contributed by atoms with Crippen LogP contribution < -0.4 is 0 Å². The lowest BCUT2D eigenvalue weighted by molar-refractivity contribution is 0.182. The van der Waals surface area contributed by atoms with E-state index in [4.69, 9.17) is 0 Å². The second-order valence-electron chi connectivity index (χ2n) is 4.84. The molecule has 0 radical (unpaired) electrons. The lowest BCUT2D eigenvalue weighted by Gasteiger charge is -2.32. The van der Waals surface area contributed by atoms with Crippen LogP contribution in [-0.4, -0.2) is 41.9 Å². The summed E-state index contributed by atoms with van der Waals surface area (Å²) >= 11 is 5.51. The first-order valence-electron chi connectivity index (χ1n) is 5.18. The first-order valence-corrected chi connectivity index (χ1v) is 7.69. The van der Waals surface area contributed by atoms with E-state index in [2.05, 4.69) is 54.9 Å². The van der Waals surface area contributed by atoms with Crippen LogP contribution in [-0.2, 0) is 0 Å². The average Bonchev–Trinajstić information content (AvgIpc) is 2.13. The zero-order valence-corrected chi connectivity index (χ0v) is 12.5. The van der Waals surface area contributed by atoms with Crippen molar-refractivity contribution in [3.63, 3.8) is 0 Å². The summed E-state index contributed by atoms with van der Waals surface area (Å²) in [5, 5.41) is 1.07. The molecular weight excluding hydrogens is 258 g/mol. The number of nitrogens with zero attached hydrogens (tertiary/aromatic N) is 1. The van der Waals surface area contributed by atoms with Gasteiger partial charge in [-0.15, -0.1) is 0 Å². The molecule has 0 aromatic carbocycles. The molecule has 3 heteroatoms. The lowest BCUT2D eigenvalue weighted by Crippen LogP contribution is -2.38. The van der Waals surface area contributed by atoms with E-state index in [-0.39, 0.29) is 0 Å². The molecule has 0 amide bonds. The summed E-state index contributed by atoms with van der Waals surface area (Å²) in [6.07, 6.45) is 3.46. The number of halogens is 1. The Morgan fingerprint density at radius 2 is 2.00 bits per heavy atom. The summed E-state index contributed by atoms with van der Waals surface area (Å²) in [4.78, 5) is 2.47. The van der Waals surface area contributed by atoms with Crippen molar-refractivity contribution in [2.45, 2.75) is 33.2 Å². The van der Waals surface area contributed by atoms with Gasteiger partial charge in [0.2, 0.25) is 0 Å². The molecule has 1 nitrogen and oxygen atoms in total. The molecule has 0 aromatic heterocycles. The summed E-state index contributed by atoms with van der Waals surface area (Å²) in [6, 6.07) is 0.695. The Kier molecular flexibility index (Phi) is 7.53. The highest BCUT2D eigenvalue weighted by atomic mass is 79.9. The fraction of sp³-hybridized carbons (Fsp3) is 1.00. The third-order valence-corrected chi connectivity index (χ3v) is 4.69. The molecule has 0 saturated heterocycles. The van der Waals surface area contributed by atoms with Gasteiger partial charge in [-0.05, 0) is 37.8 Å². The Morgan fingerprint density at radius 1 is 1.43 bits per heavy atom. The minimum Gasteiger partial charge on any atom is -0.303 e. The average molecular weight is 282 g/mol. The summed E-state index contributed by atoms with van der Waals surface area (Å²) in [6.45, 7) is 8.09. The minimum atomic E-state index is 0.377. The molecule has 0 aliphatic rings. The van der Waals surface area contributed by atoms with Crippen LogP contribution in [0.2, 0.25) is 0 Å². The molecule has 0 saturated carbocycles. The van der Waals surface area contributed by atoms with Crippen LogP contribution >= 0.6 is 27.7 Å². The summed E-state index contributed by atoms with van der Waals surface area (Å²) in [5.41, 5.74) is 0.377. The van der Waals surface area contributed by atoms with E-state index in [1.54, 1.807) is 0 Å². The van der Waals surface area contributed by atoms with Crippen LogP contribution in [0, 0.1) is 5.41 Å². The van der Waals surface area contributed by atoms with Crippen molar-refractivity contribution in [3.8, 4) is 0 Å². The van der Waals surface area contributed by atoms with Crippen LogP contribution in [0.4, 0.5) is 0 Å². The molecule has 1 unspecified atom stereocenters. The number of hydrogen-bond acceptors (Lipinski definition) is 2. The summed E-state index contributed by atoms with van der Waals surface area (Å²) in [5.74, 6) is 1.26. The third kappa shape index (κ3) is 6.31. The van der Waals surface area contributed by atoms with Gasteiger partial charge in [0.05, 0.1) is 0 Å². The standard InChI is InChI=1S/C11H24BrNS/c1-10(6-7-14-5)13(4)9-11(2,3)8-12/h10H,6-9H2,1-5H3. The van der Waals surface area contributed by atoms with Crippen LogP contribution in [0.5, 0.6) is 0 Å². The van der Waals surface area contributed by atoms with Gasteiger partial charge >= 0.3 is 0 Å². The van der Waals surface area contributed by atoms with Crippen molar-refractivity contribution in [2.75, 3.05) is 30.9 Å². The van der Waals surface area contributed by atoms with E-state index in [0.29, 0.717) is 11.5 Å². The minimum absolute atomic E-state index is 0.377. The Morgan fingerprint density at radius 3 is 2.43 bits per heavy atom. The van der Waals surface area contributed by atoms with Gasteiger partial charge in [0.15, 0.2) is 0 Å². The zero-order chi connectivity index (χ0) is 11.2. The van der Waals surface area contributed by atoms with Crippen LogP contribution in [0.15, 0.2) is 0 Å². The summed E-state index contributed by atoms with van der Waals surface area (Å²) < 4.78 is 0. The van der Waals surface area contributed by atoms with E-state index in [9.17, 15) is 0 Å². The first kappa shape index (κ1) is 14.8. The predicted octanol–water partition coefficient (Wildman–Crippen LogP) is 3.48. The Labute approximate surface area is 102 Å². The molecule has 0 heterocycles. The predicted molar refractivity (Wildman–Crippen MR) is 72.7 cm³/mol. The molecule has 0 aliphatic carbocycles. The van der Waals surface area contributed by atoms with Crippen molar-refractivity contribution < 1.29 is 0 Å². The van der Waals surface area contributed by atoms with Gasteiger partial charge < -0.3 is 4.90 Å². The molecule has 0 rings (SSSR count). The summed E-state index contributed by atoms with van der Waals surface area (Å²) in [7, 11) is 2.23. The molecule has 14 heavy (non-hydrogen) atoms. The van der Waals surface area contributed by atoms with E-state index in [0.717, 1.165) is 11.9 Å². The first-order chi connectivity index (χ1) is 6.43. The second kappa shape index (κ2) is 7.13. The maximum atomic E-state index is 3.57. The fourth-order valence-electron chi connectivity index (χ4n) is 1.38. The molecule has 86 valence electrons. The van der Waals surface area contributed by atoms with Crippen molar-refractivity contribution in [1.29, 1.82) is 0 Å². The highest BCUT2D eigenvalue weighted by molar-refractivity contribution is 9.09. The zero-order valence-electron chi connectivity index (χ0n) is 10.1. The molecular formula is C11H24BrNS. The molecule has 0 aliphatic heterocycles. The van der Waals surface area contributed by atoms with E-state index in [1.165, 1.54) is 12.2 Å². The fourth-order valence-corrected chi connectivity index (χ4v) is 2.14. The Bertz CT molecular complexity index is 150. The van der Waals surface area contributed by atoms with E-state index < -0.39 is 0 Å². The largest absolute Gasteiger partial charge is 0.303 e. The van der Waals surface area contributed by atoms with E-state index in [1.807, 2.05) is 11.8 Å². The van der Waals surface area contributed by atoms with Crippen LogP contribution in [0.1, 0.15) is 27.2 Å². The van der Waals surface area contributed by atoms with Crippen LogP contribution in [0.3, 0.4) is 0 Å². The third-order valence-electron chi connectivity index (χ3n) is 2.53. The van der Waals surface area contributed by atoms with Gasteiger partial charge in [0.25, 0.3) is 0 Å². The highest BCUT2D eigenvalue weighted by Gasteiger charge is 2.20. The van der Waals surface area contributed by atoms with Crippen molar-refractivity contribution in [1.82, 2.24) is 4.90 Å². The molecule has 0 spiro atoms. The van der Waals surface area contributed by atoms with Gasteiger partial charge in [-0.25, -0.2) is 0 Å². The number of thioether (sulfide) groups is 1. The molecule has 1 atom stereocenters. The Balaban J connectivity index is 3.87. The number of rotatable bonds is 7. The topological polar surface area (TPSA) is 3.24 Å².